The number of aryl methyl sites for hydroxylation is 2. The first-order valence-electron chi connectivity index (χ1n) is 6.84. The minimum atomic E-state index is 0.668. The maximum Gasteiger partial charge on any atom is 0.0580 e. The molecule has 2 heteroatoms. The van der Waals surface area contributed by atoms with E-state index >= 15 is 0 Å². The molecule has 0 spiro atoms. The third-order valence-corrected chi connectivity index (χ3v) is 3.73. The highest BCUT2D eigenvalue weighted by Gasteiger charge is 2.03. The van der Waals surface area contributed by atoms with E-state index in [4.69, 9.17) is 11.5 Å². The highest BCUT2D eigenvalue weighted by Crippen LogP contribution is 2.22. The fourth-order valence-corrected chi connectivity index (χ4v) is 2.52. The standard InChI is InChI=1S/C18H18N2/c19-17-7-3-6-15(18(17)20)11-9-13-8-10-14-4-1-2-5-16(14)12-13/h1-8,10,12H,9,11,19-20H2. The molecule has 0 aliphatic rings. The Bertz CT molecular complexity index is 747. The molecule has 0 atom stereocenters. The summed E-state index contributed by atoms with van der Waals surface area (Å²) in [5.41, 5.74) is 15.7. The second kappa shape index (κ2) is 5.25. The molecule has 0 unspecified atom stereocenters. The van der Waals surface area contributed by atoms with Crippen molar-refractivity contribution in [1.82, 2.24) is 0 Å². The molecule has 0 radical (unpaired) electrons. The lowest BCUT2D eigenvalue weighted by Crippen LogP contribution is -2.01. The van der Waals surface area contributed by atoms with Crippen LogP contribution in [-0.2, 0) is 12.8 Å². The van der Waals surface area contributed by atoms with E-state index in [1.54, 1.807) is 0 Å². The minimum absolute atomic E-state index is 0.668. The molecule has 0 aliphatic heterocycles. The van der Waals surface area contributed by atoms with E-state index in [0.29, 0.717) is 11.4 Å². The van der Waals surface area contributed by atoms with E-state index in [1.165, 1.54) is 16.3 Å². The average Bonchev–Trinajstić information content (AvgIpc) is 2.48. The molecular formula is C18H18N2. The van der Waals surface area contributed by atoms with E-state index in [2.05, 4.69) is 42.5 Å². The van der Waals surface area contributed by atoms with Gasteiger partial charge in [0.05, 0.1) is 11.4 Å². The number of nitrogen functional groups attached to an aromatic ring is 2. The summed E-state index contributed by atoms with van der Waals surface area (Å²) in [6.45, 7) is 0. The lowest BCUT2D eigenvalue weighted by molar-refractivity contribution is 0.966. The maximum absolute atomic E-state index is 6.01. The summed E-state index contributed by atoms with van der Waals surface area (Å²) in [6, 6.07) is 20.9. The Labute approximate surface area is 119 Å². The van der Waals surface area contributed by atoms with E-state index in [0.717, 1.165) is 18.4 Å². The summed E-state index contributed by atoms with van der Waals surface area (Å²) in [7, 11) is 0. The van der Waals surface area contributed by atoms with Crippen LogP contribution in [0.25, 0.3) is 10.8 Å². The molecule has 4 N–H and O–H groups in total. The molecule has 0 heterocycles. The van der Waals surface area contributed by atoms with Crippen molar-refractivity contribution in [2.24, 2.45) is 0 Å². The highest BCUT2D eigenvalue weighted by atomic mass is 14.7. The second-order valence-corrected chi connectivity index (χ2v) is 5.10. The monoisotopic (exact) mass is 262 g/mol. The van der Waals surface area contributed by atoms with Gasteiger partial charge in [0.1, 0.15) is 0 Å². The van der Waals surface area contributed by atoms with Gasteiger partial charge >= 0.3 is 0 Å². The van der Waals surface area contributed by atoms with Gasteiger partial charge in [-0.15, -0.1) is 0 Å². The first kappa shape index (κ1) is 12.5. The van der Waals surface area contributed by atoms with Crippen molar-refractivity contribution in [1.29, 1.82) is 0 Å². The Hall–Kier alpha value is -2.48. The summed E-state index contributed by atoms with van der Waals surface area (Å²) < 4.78 is 0. The molecule has 0 saturated heterocycles. The van der Waals surface area contributed by atoms with Crippen molar-refractivity contribution in [3.05, 3.63) is 71.8 Å². The van der Waals surface area contributed by atoms with Crippen molar-refractivity contribution >= 4 is 22.1 Å². The maximum atomic E-state index is 6.01. The SMILES string of the molecule is Nc1cccc(CCc2ccc3ccccc3c2)c1N. The van der Waals surface area contributed by atoms with E-state index < -0.39 is 0 Å². The Kier molecular flexibility index (Phi) is 3.30. The van der Waals surface area contributed by atoms with Crippen LogP contribution in [-0.4, -0.2) is 0 Å². The van der Waals surface area contributed by atoms with Crippen LogP contribution in [0.4, 0.5) is 11.4 Å². The molecule has 0 amide bonds. The van der Waals surface area contributed by atoms with Gasteiger partial charge in [-0.05, 0) is 40.8 Å². The van der Waals surface area contributed by atoms with Gasteiger partial charge in [-0.25, -0.2) is 0 Å². The van der Waals surface area contributed by atoms with Crippen LogP contribution < -0.4 is 11.5 Å². The first-order chi connectivity index (χ1) is 9.74. The van der Waals surface area contributed by atoms with Crippen LogP contribution >= 0.6 is 0 Å². The quantitative estimate of drug-likeness (QED) is 0.706. The van der Waals surface area contributed by atoms with Crippen LogP contribution in [0.1, 0.15) is 11.1 Å². The third-order valence-electron chi connectivity index (χ3n) is 3.73. The Morgan fingerprint density at radius 3 is 2.35 bits per heavy atom. The molecule has 3 aromatic carbocycles. The summed E-state index contributed by atoms with van der Waals surface area (Å²) in [5.74, 6) is 0. The summed E-state index contributed by atoms with van der Waals surface area (Å²) in [6.07, 6.45) is 1.88. The molecule has 20 heavy (non-hydrogen) atoms. The van der Waals surface area contributed by atoms with Crippen molar-refractivity contribution in [2.75, 3.05) is 11.5 Å². The van der Waals surface area contributed by atoms with Gasteiger partial charge in [-0.3, -0.25) is 0 Å². The molecule has 0 fully saturated rings. The summed E-state index contributed by atoms with van der Waals surface area (Å²) >= 11 is 0. The van der Waals surface area contributed by atoms with E-state index in [-0.39, 0.29) is 0 Å². The van der Waals surface area contributed by atoms with Gasteiger partial charge in [0.15, 0.2) is 0 Å². The summed E-state index contributed by atoms with van der Waals surface area (Å²) in [5, 5.41) is 2.56. The number of nitrogens with two attached hydrogens (primary N) is 2. The van der Waals surface area contributed by atoms with Gasteiger partial charge in [-0.1, -0.05) is 54.6 Å². The first-order valence-corrected chi connectivity index (χ1v) is 6.84. The molecule has 3 aromatic rings. The number of hydrogen-bond acceptors (Lipinski definition) is 2. The largest absolute Gasteiger partial charge is 0.397 e. The van der Waals surface area contributed by atoms with Gasteiger partial charge in [0.25, 0.3) is 0 Å². The van der Waals surface area contributed by atoms with Crippen molar-refractivity contribution in [3.8, 4) is 0 Å². The molecular weight excluding hydrogens is 244 g/mol. The minimum Gasteiger partial charge on any atom is -0.397 e. The number of fused-ring (bicyclic) bond motifs is 1. The average molecular weight is 262 g/mol. The zero-order valence-corrected chi connectivity index (χ0v) is 11.3. The smallest absolute Gasteiger partial charge is 0.0580 e. The van der Waals surface area contributed by atoms with Crippen LogP contribution in [0.5, 0.6) is 0 Å². The van der Waals surface area contributed by atoms with Gasteiger partial charge in [0, 0.05) is 0 Å². The Morgan fingerprint density at radius 1 is 0.700 bits per heavy atom. The fourth-order valence-electron chi connectivity index (χ4n) is 2.52. The Morgan fingerprint density at radius 2 is 1.50 bits per heavy atom. The molecule has 0 aromatic heterocycles. The topological polar surface area (TPSA) is 52.0 Å². The molecule has 0 bridgehead atoms. The lowest BCUT2D eigenvalue weighted by atomic mass is 10.00. The number of anilines is 2. The second-order valence-electron chi connectivity index (χ2n) is 5.10. The summed E-state index contributed by atoms with van der Waals surface area (Å²) in [4.78, 5) is 0. The van der Waals surface area contributed by atoms with Gasteiger partial charge in [0.2, 0.25) is 0 Å². The highest BCUT2D eigenvalue weighted by molar-refractivity contribution is 5.83. The van der Waals surface area contributed by atoms with Crippen molar-refractivity contribution in [2.45, 2.75) is 12.8 Å². The van der Waals surface area contributed by atoms with Gasteiger partial charge in [-0.2, -0.15) is 0 Å². The normalized spacial score (nSPS) is 10.8. The van der Waals surface area contributed by atoms with Crippen LogP contribution in [0.3, 0.4) is 0 Å². The molecule has 100 valence electrons. The van der Waals surface area contributed by atoms with E-state index in [1.807, 2.05) is 18.2 Å². The fraction of sp³-hybridized carbons (Fsp3) is 0.111. The predicted octanol–water partition coefficient (Wildman–Crippen LogP) is 3.79. The van der Waals surface area contributed by atoms with Crippen molar-refractivity contribution in [3.63, 3.8) is 0 Å². The predicted molar refractivity (Wildman–Crippen MR) is 86.6 cm³/mol. The van der Waals surface area contributed by atoms with Gasteiger partial charge < -0.3 is 11.5 Å². The van der Waals surface area contributed by atoms with Crippen LogP contribution in [0, 0.1) is 0 Å². The number of rotatable bonds is 3. The zero-order valence-electron chi connectivity index (χ0n) is 11.3. The number of para-hydroxylation sites is 1. The van der Waals surface area contributed by atoms with Crippen molar-refractivity contribution < 1.29 is 0 Å². The third kappa shape index (κ3) is 2.45. The molecule has 3 rings (SSSR count). The number of benzene rings is 3. The molecule has 0 saturated carbocycles. The zero-order chi connectivity index (χ0) is 13.9. The lowest BCUT2D eigenvalue weighted by Gasteiger charge is -2.08. The van der Waals surface area contributed by atoms with Crippen LogP contribution in [0.2, 0.25) is 0 Å². The molecule has 2 nitrogen and oxygen atoms in total. The Balaban J connectivity index is 1.81. The van der Waals surface area contributed by atoms with E-state index in [9.17, 15) is 0 Å². The van der Waals surface area contributed by atoms with Crippen LogP contribution in [0.15, 0.2) is 60.7 Å². The molecule has 0 aliphatic carbocycles. The number of hydrogen-bond donors (Lipinski definition) is 2.